The third-order valence-corrected chi connectivity index (χ3v) is 3.92. The normalized spacial score (nSPS) is 16.8. The van der Waals surface area contributed by atoms with E-state index in [4.69, 9.17) is 0 Å². The van der Waals surface area contributed by atoms with Crippen molar-refractivity contribution in [1.82, 2.24) is 15.3 Å². The van der Waals surface area contributed by atoms with Crippen molar-refractivity contribution in [3.8, 4) is 0 Å². The van der Waals surface area contributed by atoms with Gasteiger partial charge in [-0.05, 0) is 31.7 Å². The Balaban J connectivity index is 1.84. The largest absolute Gasteiger partial charge is 0.341 e. The minimum Gasteiger partial charge on any atom is -0.341 e. The summed E-state index contributed by atoms with van der Waals surface area (Å²) in [6.07, 6.45) is 8.93. The second-order valence-electron chi connectivity index (χ2n) is 5.41. The second-order valence-corrected chi connectivity index (χ2v) is 5.41. The molecule has 0 atom stereocenters. The average molecular weight is 262 g/mol. The Morgan fingerprint density at radius 2 is 1.89 bits per heavy atom. The fraction of sp³-hybridized carbons (Fsp3) is 0.733. The molecule has 0 amide bonds. The molecule has 0 bridgehead atoms. The Morgan fingerprint density at radius 1 is 1.21 bits per heavy atom. The summed E-state index contributed by atoms with van der Waals surface area (Å²) < 4.78 is 0. The summed E-state index contributed by atoms with van der Waals surface area (Å²) >= 11 is 0. The minimum absolute atomic E-state index is 0.867. The van der Waals surface area contributed by atoms with Gasteiger partial charge in [0.05, 0.1) is 0 Å². The molecule has 2 heterocycles. The topological polar surface area (TPSA) is 41.1 Å². The van der Waals surface area contributed by atoms with E-state index in [0.717, 1.165) is 44.5 Å². The van der Waals surface area contributed by atoms with Crippen LogP contribution in [0.2, 0.25) is 0 Å². The lowest BCUT2D eigenvalue weighted by atomic mass is 9.95. The molecule has 19 heavy (non-hydrogen) atoms. The summed E-state index contributed by atoms with van der Waals surface area (Å²) in [6.45, 7) is 8.58. The van der Waals surface area contributed by atoms with Gasteiger partial charge in [0.25, 0.3) is 0 Å². The van der Waals surface area contributed by atoms with Crippen molar-refractivity contribution in [3.05, 3.63) is 18.0 Å². The van der Waals surface area contributed by atoms with E-state index in [1.165, 1.54) is 24.8 Å². The van der Waals surface area contributed by atoms with Gasteiger partial charge in [-0.15, -0.1) is 0 Å². The van der Waals surface area contributed by atoms with Gasteiger partial charge in [-0.25, -0.2) is 9.97 Å². The Labute approximate surface area is 116 Å². The number of rotatable bonds is 6. The highest BCUT2D eigenvalue weighted by Gasteiger charge is 2.19. The number of anilines is 1. The molecular formula is C15H26N4. The molecule has 1 aromatic rings. The quantitative estimate of drug-likeness (QED) is 0.800. The zero-order chi connectivity index (χ0) is 13.5. The van der Waals surface area contributed by atoms with E-state index in [1.807, 2.05) is 12.4 Å². The summed E-state index contributed by atoms with van der Waals surface area (Å²) in [5.74, 6) is 1.79. The molecule has 1 fully saturated rings. The third-order valence-electron chi connectivity index (χ3n) is 3.92. The number of nitrogens with one attached hydrogen (secondary N) is 1. The number of hydrogen-bond donors (Lipinski definition) is 1. The van der Waals surface area contributed by atoms with E-state index in [2.05, 4.69) is 34.0 Å². The van der Waals surface area contributed by atoms with Gasteiger partial charge in [-0.2, -0.15) is 0 Å². The Morgan fingerprint density at radius 3 is 2.47 bits per heavy atom. The lowest BCUT2D eigenvalue weighted by Gasteiger charge is -2.31. The van der Waals surface area contributed by atoms with Gasteiger partial charge < -0.3 is 10.2 Å². The molecule has 0 unspecified atom stereocenters. The van der Waals surface area contributed by atoms with Crippen molar-refractivity contribution in [2.75, 3.05) is 24.5 Å². The smallest absolute Gasteiger partial charge is 0.225 e. The average Bonchev–Trinajstić information content (AvgIpc) is 2.48. The molecule has 1 aliphatic heterocycles. The van der Waals surface area contributed by atoms with Gasteiger partial charge in [0.15, 0.2) is 0 Å². The van der Waals surface area contributed by atoms with Crippen LogP contribution < -0.4 is 10.2 Å². The SMILES string of the molecule is CCCNCc1cnc(N2CCC(CC)CC2)nc1. The maximum Gasteiger partial charge on any atom is 0.225 e. The first kappa shape index (κ1) is 14.3. The Bertz CT molecular complexity index is 355. The van der Waals surface area contributed by atoms with Gasteiger partial charge in [0.2, 0.25) is 5.95 Å². The van der Waals surface area contributed by atoms with Gasteiger partial charge in [-0.3, -0.25) is 0 Å². The maximum atomic E-state index is 4.51. The second kappa shape index (κ2) is 7.43. The van der Waals surface area contributed by atoms with E-state index in [1.54, 1.807) is 0 Å². The van der Waals surface area contributed by atoms with E-state index < -0.39 is 0 Å². The predicted octanol–water partition coefficient (Wildman–Crippen LogP) is 2.60. The van der Waals surface area contributed by atoms with Gasteiger partial charge in [-0.1, -0.05) is 20.3 Å². The highest BCUT2D eigenvalue weighted by molar-refractivity contribution is 5.30. The molecule has 0 aromatic carbocycles. The molecular weight excluding hydrogens is 236 g/mol. The zero-order valence-corrected chi connectivity index (χ0v) is 12.2. The summed E-state index contributed by atoms with van der Waals surface area (Å²) in [4.78, 5) is 11.3. The molecule has 2 rings (SSSR count). The first-order valence-electron chi connectivity index (χ1n) is 7.60. The molecule has 106 valence electrons. The van der Waals surface area contributed by atoms with Gasteiger partial charge in [0, 0.05) is 37.6 Å². The molecule has 1 N–H and O–H groups in total. The zero-order valence-electron chi connectivity index (χ0n) is 12.2. The van der Waals surface area contributed by atoms with Crippen LogP contribution in [-0.2, 0) is 6.54 Å². The third kappa shape index (κ3) is 4.16. The van der Waals surface area contributed by atoms with Crippen molar-refractivity contribution in [2.45, 2.75) is 46.1 Å². The number of nitrogens with zero attached hydrogens (tertiary/aromatic N) is 3. The lowest BCUT2D eigenvalue weighted by Crippen LogP contribution is -2.34. The summed E-state index contributed by atoms with van der Waals surface area (Å²) in [7, 11) is 0. The molecule has 0 radical (unpaired) electrons. The summed E-state index contributed by atoms with van der Waals surface area (Å²) in [5.41, 5.74) is 1.17. The molecule has 1 saturated heterocycles. The molecule has 0 aliphatic carbocycles. The van der Waals surface area contributed by atoms with Crippen molar-refractivity contribution in [3.63, 3.8) is 0 Å². The van der Waals surface area contributed by atoms with Crippen molar-refractivity contribution in [2.24, 2.45) is 5.92 Å². The first-order valence-corrected chi connectivity index (χ1v) is 7.60. The number of hydrogen-bond acceptors (Lipinski definition) is 4. The van der Waals surface area contributed by atoms with Gasteiger partial charge in [0.1, 0.15) is 0 Å². The van der Waals surface area contributed by atoms with Crippen LogP contribution in [0.15, 0.2) is 12.4 Å². The van der Waals surface area contributed by atoms with Crippen LogP contribution in [0.1, 0.15) is 45.1 Å². The molecule has 4 heteroatoms. The van der Waals surface area contributed by atoms with Crippen LogP contribution >= 0.6 is 0 Å². The van der Waals surface area contributed by atoms with Crippen LogP contribution in [0.3, 0.4) is 0 Å². The monoisotopic (exact) mass is 262 g/mol. The van der Waals surface area contributed by atoms with E-state index in [0.29, 0.717) is 0 Å². The summed E-state index contributed by atoms with van der Waals surface area (Å²) in [5, 5.41) is 3.37. The minimum atomic E-state index is 0.867. The van der Waals surface area contributed by atoms with Crippen molar-refractivity contribution in [1.29, 1.82) is 0 Å². The van der Waals surface area contributed by atoms with Crippen LogP contribution in [0.25, 0.3) is 0 Å². The molecule has 0 spiro atoms. The maximum absolute atomic E-state index is 4.51. The van der Waals surface area contributed by atoms with Crippen molar-refractivity contribution >= 4 is 5.95 Å². The molecule has 1 aliphatic rings. The molecule has 0 saturated carbocycles. The first-order chi connectivity index (χ1) is 9.33. The fourth-order valence-corrected chi connectivity index (χ4v) is 2.55. The molecule has 1 aromatic heterocycles. The van der Waals surface area contributed by atoms with Crippen LogP contribution in [-0.4, -0.2) is 29.6 Å². The van der Waals surface area contributed by atoms with E-state index in [9.17, 15) is 0 Å². The fourth-order valence-electron chi connectivity index (χ4n) is 2.55. The Hall–Kier alpha value is -1.16. The molecule has 4 nitrogen and oxygen atoms in total. The van der Waals surface area contributed by atoms with E-state index >= 15 is 0 Å². The summed E-state index contributed by atoms with van der Waals surface area (Å²) in [6, 6.07) is 0. The van der Waals surface area contributed by atoms with Crippen LogP contribution in [0.5, 0.6) is 0 Å². The standard InChI is InChI=1S/C15H26N4/c1-3-7-16-10-14-11-17-15(18-12-14)19-8-5-13(4-2)6-9-19/h11-13,16H,3-10H2,1-2H3. The lowest BCUT2D eigenvalue weighted by molar-refractivity contribution is 0.392. The van der Waals surface area contributed by atoms with Gasteiger partial charge >= 0.3 is 0 Å². The number of aromatic nitrogens is 2. The highest BCUT2D eigenvalue weighted by Crippen LogP contribution is 2.22. The highest BCUT2D eigenvalue weighted by atomic mass is 15.2. The Kier molecular flexibility index (Phi) is 5.58. The number of piperidine rings is 1. The van der Waals surface area contributed by atoms with E-state index in [-0.39, 0.29) is 0 Å². The predicted molar refractivity (Wildman–Crippen MR) is 79.3 cm³/mol. The van der Waals surface area contributed by atoms with Crippen molar-refractivity contribution < 1.29 is 0 Å². The van der Waals surface area contributed by atoms with Crippen LogP contribution in [0, 0.1) is 5.92 Å². The van der Waals surface area contributed by atoms with Crippen LogP contribution in [0.4, 0.5) is 5.95 Å².